The average molecular weight is 377 g/mol. The molecule has 1 N–H and O–H groups in total. The fourth-order valence-corrected chi connectivity index (χ4v) is 4.34. The monoisotopic (exact) mass is 376 g/mol. The number of nitrogens with zero attached hydrogens (tertiary/aromatic N) is 1. The van der Waals surface area contributed by atoms with Gasteiger partial charge in [0.1, 0.15) is 5.69 Å². The van der Waals surface area contributed by atoms with Gasteiger partial charge in [-0.2, -0.15) is 13.2 Å². The highest BCUT2D eigenvalue weighted by Crippen LogP contribution is 2.39. The third-order valence-corrected chi connectivity index (χ3v) is 5.19. The van der Waals surface area contributed by atoms with Crippen molar-refractivity contribution in [2.75, 3.05) is 5.32 Å². The number of halogens is 4. The van der Waals surface area contributed by atoms with Gasteiger partial charge in [-0.25, -0.2) is 4.98 Å². The fourth-order valence-electron chi connectivity index (χ4n) is 2.52. The van der Waals surface area contributed by atoms with Gasteiger partial charge in [-0.3, -0.25) is 0 Å². The first-order valence-corrected chi connectivity index (χ1v) is 8.12. The van der Waals surface area contributed by atoms with Crippen molar-refractivity contribution in [3.05, 3.63) is 44.3 Å². The molecule has 0 fully saturated rings. The maximum atomic E-state index is 12.5. The van der Waals surface area contributed by atoms with E-state index in [0.717, 1.165) is 29.1 Å². The Hall–Kier alpha value is -1.08. The molecule has 2 aromatic heterocycles. The third kappa shape index (κ3) is 3.23. The van der Waals surface area contributed by atoms with Gasteiger partial charge in [0.2, 0.25) is 0 Å². The average Bonchev–Trinajstić information content (AvgIpc) is 2.80. The number of hydrogen-bond donors (Lipinski definition) is 1. The molecule has 1 atom stereocenters. The molecule has 0 radical (unpaired) electrons. The Kier molecular flexibility index (Phi) is 3.96. The van der Waals surface area contributed by atoms with Crippen LogP contribution in [0.4, 0.5) is 18.9 Å². The van der Waals surface area contributed by atoms with Crippen molar-refractivity contribution in [2.45, 2.75) is 31.5 Å². The van der Waals surface area contributed by atoms with Gasteiger partial charge in [-0.05, 0) is 59.0 Å². The molecule has 0 aliphatic heterocycles. The van der Waals surface area contributed by atoms with Crippen LogP contribution in [-0.4, -0.2) is 4.98 Å². The first-order valence-electron chi connectivity index (χ1n) is 6.51. The molecule has 1 unspecified atom stereocenters. The molecule has 0 amide bonds. The van der Waals surface area contributed by atoms with E-state index in [9.17, 15) is 13.2 Å². The summed E-state index contributed by atoms with van der Waals surface area (Å²) in [6.45, 7) is 0. The lowest BCUT2D eigenvalue weighted by atomic mass is 9.94. The van der Waals surface area contributed by atoms with Crippen molar-refractivity contribution in [1.29, 1.82) is 0 Å². The SMILES string of the molecule is FC(F)(F)c1ccc(NC2CCCc3sc(Br)cc32)cn1. The van der Waals surface area contributed by atoms with E-state index in [1.165, 1.54) is 22.7 Å². The molecular formula is C14H12BrF3N2S. The van der Waals surface area contributed by atoms with E-state index in [0.29, 0.717) is 5.69 Å². The number of hydrogen-bond acceptors (Lipinski definition) is 3. The second kappa shape index (κ2) is 5.61. The molecular weight excluding hydrogens is 365 g/mol. The van der Waals surface area contributed by atoms with Crippen LogP contribution in [0.1, 0.15) is 35.0 Å². The quantitative estimate of drug-likeness (QED) is 0.757. The molecule has 0 aromatic carbocycles. The number of pyridine rings is 1. The molecule has 2 nitrogen and oxygen atoms in total. The van der Waals surface area contributed by atoms with E-state index >= 15 is 0 Å². The van der Waals surface area contributed by atoms with E-state index in [1.807, 2.05) is 0 Å². The summed E-state index contributed by atoms with van der Waals surface area (Å²) in [6, 6.07) is 4.67. The van der Waals surface area contributed by atoms with Crippen molar-refractivity contribution in [1.82, 2.24) is 4.98 Å². The number of rotatable bonds is 2. The van der Waals surface area contributed by atoms with Gasteiger partial charge in [0.25, 0.3) is 0 Å². The van der Waals surface area contributed by atoms with Crippen LogP contribution >= 0.6 is 27.3 Å². The minimum Gasteiger partial charge on any atom is -0.377 e. The summed E-state index contributed by atoms with van der Waals surface area (Å²) in [6.07, 6.45) is -0.0365. The minimum atomic E-state index is -4.39. The molecule has 0 saturated carbocycles. The van der Waals surface area contributed by atoms with Crippen LogP contribution in [0.5, 0.6) is 0 Å². The van der Waals surface area contributed by atoms with Gasteiger partial charge >= 0.3 is 6.18 Å². The van der Waals surface area contributed by atoms with Crippen LogP contribution in [0.2, 0.25) is 0 Å². The van der Waals surface area contributed by atoms with E-state index < -0.39 is 11.9 Å². The lowest BCUT2D eigenvalue weighted by Gasteiger charge is -2.24. The summed E-state index contributed by atoms with van der Waals surface area (Å²) in [5.41, 5.74) is 0.983. The van der Waals surface area contributed by atoms with E-state index in [4.69, 9.17) is 0 Å². The number of nitrogens with one attached hydrogen (secondary N) is 1. The maximum absolute atomic E-state index is 12.5. The van der Waals surface area contributed by atoms with Crippen LogP contribution < -0.4 is 5.32 Å². The zero-order valence-corrected chi connectivity index (χ0v) is 13.3. The van der Waals surface area contributed by atoms with Gasteiger partial charge in [-0.1, -0.05) is 0 Å². The summed E-state index contributed by atoms with van der Waals surface area (Å²) >= 11 is 5.21. The zero-order chi connectivity index (χ0) is 15.0. The van der Waals surface area contributed by atoms with Crippen molar-refractivity contribution < 1.29 is 13.2 Å². The fraction of sp³-hybridized carbons (Fsp3) is 0.357. The number of anilines is 1. The first kappa shape index (κ1) is 14.8. The lowest BCUT2D eigenvalue weighted by molar-refractivity contribution is -0.141. The Morgan fingerprint density at radius 2 is 2.14 bits per heavy atom. The smallest absolute Gasteiger partial charge is 0.377 e. The predicted octanol–water partition coefficient (Wildman–Crippen LogP) is 5.41. The second-order valence-corrected chi connectivity index (χ2v) is 7.46. The minimum absolute atomic E-state index is 0.134. The molecule has 1 aliphatic rings. The summed E-state index contributed by atoms with van der Waals surface area (Å²) in [5, 5.41) is 3.29. The largest absolute Gasteiger partial charge is 0.433 e. The van der Waals surface area contributed by atoms with Crippen LogP contribution in [0.3, 0.4) is 0 Å². The predicted molar refractivity (Wildman–Crippen MR) is 80.6 cm³/mol. The molecule has 7 heteroatoms. The summed E-state index contributed by atoms with van der Waals surface area (Å²) in [7, 11) is 0. The number of alkyl halides is 3. The van der Waals surface area contributed by atoms with Crippen molar-refractivity contribution >= 4 is 33.0 Å². The second-order valence-electron chi connectivity index (χ2n) is 4.95. The first-order chi connectivity index (χ1) is 9.93. The topological polar surface area (TPSA) is 24.9 Å². The highest BCUT2D eigenvalue weighted by molar-refractivity contribution is 9.11. The maximum Gasteiger partial charge on any atom is 0.433 e. The van der Waals surface area contributed by atoms with Crippen molar-refractivity contribution in [3.63, 3.8) is 0 Å². The van der Waals surface area contributed by atoms with E-state index in [-0.39, 0.29) is 6.04 Å². The van der Waals surface area contributed by atoms with Gasteiger partial charge in [0.05, 0.1) is 21.7 Å². The Morgan fingerprint density at radius 1 is 1.33 bits per heavy atom. The molecule has 0 bridgehead atoms. The van der Waals surface area contributed by atoms with Crippen molar-refractivity contribution in [2.24, 2.45) is 0 Å². The Labute approximate surface area is 132 Å². The Morgan fingerprint density at radius 3 is 2.81 bits per heavy atom. The highest BCUT2D eigenvalue weighted by atomic mass is 79.9. The number of aryl methyl sites for hydroxylation is 1. The normalized spacial score (nSPS) is 18.4. The summed E-state index contributed by atoms with van der Waals surface area (Å²) in [5.74, 6) is 0. The van der Waals surface area contributed by atoms with E-state index in [2.05, 4.69) is 32.3 Å². The molecule has 2 aromatic rings. The summed E-state index contributed by atoms with van der Waals surface area (Å²) < 4.78 is 38.6. The molecule has 0 saturated heterocycles. The Bertz CT molecular complexity index is 637. The zero-order valence-electron chi connectivity index (χ0n) is 10.9. The number of aromatic nitrogens is 1. The van der Waals surface area contributed by atoms with Gasteiger partial charge < -0.3 is 5.32 Å². The molecule has 21 heavy (non-hydrogen) atoms. The number of fused-ring (bicyclic) bond motifs is 1. The summed E-state index contributed by atoms with van der Waals surface area (Å²) in [4.78, 5) is 4.82. The van der Waals surface area contributed by atoms with Crippen LogP contribution in [0.15, 0.2) is 28.2 Å². The van der Waals surface area contributed by atoms with Gasteiger partial charge in [-0.15, -0.1) is 11.3 Å². The molecule has 1 aliphatic carbocycles. The standard InChI is InChI=1S/C14H12BrF3N2S/c15-13-6-9-10(2-1-3-11(9)21-13)20-8-4-5-12(19-7-8)14(16,17)18/h4-7,10,20H,1-3H2. The third-order valence-electron chi connectivity index (χ3n) is 3.48. The molecule has 2 heterocycles. The van der Waals surface area contributed by atoms with Crippen molar-refractivity contribution in [3.8, 4) is 0 Å². The Balaban J connectivity index is 1.78. The molecule has 0 spiro atoms. The van der Waals surface area contributed by atoms with Crippen LogP contribution in [0, 0.1) is 0 Å². The van der Waals surface area contributed by atoms with Crippen LogP contribution in [0.25, 0.3) is 0 Å². The lowest BCUT2D eigenvalue weighted by Crippen LogP contribution is -2.16. The van der Waals surface area contributed by atoms with Gasteiger partial charge in [0, 0.05) is 4.88 Å². The number of thiophene rings is 1. The molecule has 112 valence electrons. The highest BCUT2D eigenvalue weighted by Gasteiger charge is 2.32. The molecule has 3 rings (SSSR count). The van der Waals surface area contributed by atoms with Gasteiger partial charge in [0.15, 0.2) is 0 Å². The van der Waals surface area contributed by atoms with Crippen LogP contribution in [-0.2, 0) is 12.6 Å². The van der Waals surface area contributed by atoms with E-state index in [1.54, 1.807) is 11.3 Å².